The van der Waals surface area contributed by atoms with Gasteiger partial charge in [0.25, 0.3) is 0 Å². The Morgan fingerprint density at radius 3 is 1.28 bits per heavy atom. The second-order valence-electron chi connectivity index (χ2n) is 18.7. The Balaban J connectivity index is 2.25. The van der Waals surface area contributed by atoms with E-state index in [1.807, 2.05) is 6.08 Å². The molecule has 0 bridgehead atoms. The van der Waals surface area contributed by atoms with Crippen LogP contribution in [0, 0.1) is 0 Å². The summed E-state index contributed by atoms with van der Waals surface area (Å²) in [6.45, 7) is 3.81. The normalized spacial score (nSPS) is 20.4. The summed E-state index contributed by atoms with van der Waals surface area (Å²) in [4.78, 5) is 13.0. The van der Waals surface area contributed by atoms with Crippen LogP contribution in [0.5, 0.6) is 0 Å². The molecule has 0 aromatic carbocycles. The summed E-state index contributed by atoms with van der Waals surface area (Å²) in [7, 11) is 0. The molecule has 1 amide bonds. The number of carbonyl (C=O) groups excluding carboxylic acids is 1. The molecule has 1 heterocycles. The average molecular weight is 868 g/mol. The smallest absolute Gasteiger partial charge is 0.220 e. The van der Waals surface area contributed by atoms with E-state index in [2.05, 4.69) is 19.2 Å². The number of aliphatic hydroxyl groups excluding tert-OH is 5. The fourth-order valence-electron chi connectivity index (χ4n) is 8.63. The number of hydrogen-bond acceptors (Lipinski definition) is 8. The minimum Gasteiger partial charge on any atom is -0.394 e. The van der Waals surface area contributed by atoms with Gasteiger partial charge in [-0.05, 0) is 19.3 Å². The third kappa shape index (κ3) is 33.1. The SMILES string of the molecule is CCCCCCCCCCCCCCCC/C=C/[C@@H](O)[C@H](CO[C@H]1O[C@@H](CO)[C@H](O)C(O)C1O)NC(=O)CCCCCCCCCCCCCCCCCCCCCCCC. The molecule has 0 aliphatic carbocycles. The van der Waals surface area contributed by atoms with Gasteiger partial charge in [0.15, 0.2) is 6.29 Å². The summed E-state index contributed by atoms with van der Waals surface area (Å²) < 4.78 is 11.2. The van der Waals surface area contributed by atoms with E-state index in [1.54, 1.807) is 6.08 Å². The molecule has 9 nitrogen and oxygen atoms in total. The van der Waals surface area contributed by atoms with Crippen LogP contribution in [0.2, 0.25) is 0 Å². The standard InChI is InChI=1S/C52H101NO8/c1-3-5-7-9-11-13-15-17-19-21-22-23-24-25-26-28-30-32-34-36-38-40-42-48(56)53-45(44-60-52-51(59)50(58)49(57)47(43-54)61-52)46(55)41-39-37-35-33-31-29-27-20-18-16-14-12-10-8-6-4-2/h39,41,45-47,49-52,54-55,57-59H,3-38,40,42-44H2,1-2H3,(H,53,56)/b41-39+/t45-,46+,47-,49-,50?,51?,52-/m0/s1. The number of carbonyl (C=O) groups is 1. The maximum Gasteiger partial charge on any atom is 0.220 e. The predicted octanol–water partition coefficient (Wildman–Crippen LogP) is 12.1. The molecule has 9 heteroatoms. The van der Waals surface area contributed by atoms with E-state index in [0.29, 0.717) is 6.42 Å². The minimum atomic E-state index is -1.56. The van der Waals surface area contributed by atoms with Gasteiger partial charge < -0.3 is 40.3 Å². The number of aliphatic hydroxyl groups is 5. The predicted molar refractivity (Wildman–Crippen MR) is 254 cm³/mol. The first kappa shape index (κ1) is 57.9. The molecule has 362 valence electrons. The first-order valence-corrected chi connectivity index (χ1v) is 26.4. The molecule has 0 saturated carbocycles. The van der Waals surface area contributed by atoms with Crippen LogP contribution in [0.1, 0.15) is 258 Å². The van der Waals surface area contributed by atoms with Crippen molar-refractivity contribution in [3.63, 3.8) is 0 Å². The fraction of sp³-hybridized carbons (Fsp3) is 0.942. The van der Waals surface area contributed by atoms with Crippen LogP contribution >= 0.6 is 0 Å². The second kappa shape index (κ2) is 42.9. The Hall–Kier alpha value is -1.07. The number of amides is 1. The van der Waals surface area contributed by atoms with E-state index >= 15 is 0 Å². The average Bonchev–Trinajstić information content (AvgIpc) is 3.26. The summed E-state index contributed by atoms with van der Waals surface area (Å²) in [6.07, 6.45) is 44.0. The molecule has 7 atom stereocenters. The van der Waals surface area contributed by atoms with Gasteiger partial charge >= 0.3 is 0 Å². The van der Waals surface area contributed by atoms with Crippen molar-refractivity contribution >= 4 is 5.91 Å². The van der Waals surface area contributed by atoms with Crippen LogP contribution in [0.3, 0.4) is 0 Å². The van der Waals surface area contributed by atoms with Gasteiger partial charge in [-0.25, -0.2) is 0 Å². The van der Waals surface area contributed by atoms with Crippen molar-refractivity contribution in [3.8, 4) is 0 Å². The number of rotatable bonds is 45. The van der Waals surface area contributed by atoms with Crippen LogP contribution in [0.4, 0.5) is 0 Å². The minimum absolute atomic E-state index is 0.171. The molecule has 1 fully saturated rings. The van der Waals surface area contributed by atoms with Crippen LogP contribution in [0.25, 0.3) is 0 Å². The zero-order valence-electron chi connectivity index (χ0n) is 39.9. The molecular weight excluding hydrogens is 767 g/mol. The molecule has 1 aliphatic heterocycles. The van der Waals surface area contributed by atoms with Gasteiger partial charge in [0.2, 0.25) is 5.91 Å². The molecule has 6 N–H and O–H groups in total. The summed E-state index contributed by atoms with van der Waals surface area (Å²) >= 11 is 0. The molecule has 0 radical (unpaired) electrons. The number of hydrogen-bond donors (Lipinski definition) is 6. The molecule has 61 heavy (non-hydrogen) atoms. The van der Waals surface area contributed by atoms with Crippen LogP contribution < -0.4 is 5.32 Å². The highest BCUT2D eigenvalue weighted by molar-refractivity contribution is 5.76. The van der Waals surface area contributed by atoms with E-state index in [4.69, 9.17) is 9.47 Å². The second-order valence-corrected chi connectivity index (χ2v) is 18.7. The zero-order chi connectivity index (χ0) is 44.4. The van der Waals surface area contributed by atoms with E-state index in [0.717, 1.165) is 38.5 Å². The molecule has 1 saturated heterocycles. The summed E-state index contributed by atoms with van der Waals surface area (Å²) in [5.41, 5.74) is 0. The van der Waals surface area contributed by atoms with Gasteiger partial charge in [-0.2, -0.15) is 0 Å². The molecule has 0 aromatic rings. The van der Waals surface area contributed by atoms with Crippen LogP contribution in [-0.4, -0.2) is 87.5 Å². The zero-order valence-corrected chi connectivity index (χ0v) is 39.9. The van der Waals surface area contributed by atoms with Crippen molar-refractivity contribution in [3.05, 3.63) is 12.2 Å². The molecule has 0 spiro atoms. The van der Waals surface area contributed by atoms with Crippen LogP contribution in [0.15, 0.2) is 12.2 Å². The maximum absolute atomic E-state index is 13.0. The van der Waals surface area contributed by atoms with E-state index in [9.17, 15) is 30.3 Å². The Morgan fingerprint density at radius 1 is 0.541 bits per heavy atom. The highest BCUT2D eigenvalue weighted by atomic mass is 16.7. The Kier molecular flexibility index (Phi) is 40.7. The number of unbranched alkanes of at least 4 members (excludes halogenated alkanes) is 35. The fourth-order valence-corrected chi connectivity index (χ4v) is 8.63. The number of nitrogens with one attached hydrogen (secondary N) is 1. The van der Waals surface area contributed by atoms with E-state index in [-0.39, 0.29) is 12.5 Å². The molecule has 0 aromatic heterocycles. The van der Waals surface area contributed by atoms with Crippen molar-refractivity contribution in [2.24, 2.45) is 0 Å². The highest BCUT2D eigenvalue weighted by Crippen LogP contribution is 2.23. The van der Waals surface area contributed by atoms with Crippen molar-refractivity contribution < 1.29 is 39.8 Å². The van der Waals surface area contributed by atoms with Crippen molar-refractivity contribution in [1.29, 1.82) is 0 Å². The maximum atomic E-state index is 13.0. The monoisotopic (exact) mass is 868 g/mol. The van der Waals surface area contributed by atoms with E-state index < -0.39 is 49.5 Å². The van der Waals surface area contributed by atoms with Crippen molar-refractivity contribution in [1.82, 2.24) is 5.32 Å². The van der Waals surface area contributed by atoms with Gasteiger partial charge in [-0.1, -0.05) is 244 Å². The Bertz CT molecular complexity index is 966. The third-order valence-corrected chi connectivity index (χ3v) is 12.9. The lowest BCUT2D eigenvalue weighted by molar-refractivity contribution is -0.302. The Labute approximate surface area is 376 Å². The third-order valence-electron chi connectivity index (χ3n) is 12.9. The highest BCUT2D eigenvalue weighted by Gasteiger charge is 2.44. The Morgan fingerprint density at radius 2 is 0.902 bits per heavy atom. The molecule has 1 rings (SSSR count). The summed E-state index contributed by atoms with van der Waals surface area (Å²) in [5, 5.41) is 54.4. The van der Waals surface area contributed by atoms with Crippen molar-refractivity contribution in [2.75, 3.05) is 13.2 Å². The lowest BCUT2D eigenvalue weighted by Gasteiger charge is -2.40. The van der Waals surface area contributed by atoms with Gasteiger partial charge in [-0.15, -0.1) is 0 Å². The molecular formula is C52H101NO8. The van der Waals surface area contributed by atoms with E-state index in [1.165, 1.54) is 199 Å². The summed E-state index contributed by atoms with van der Waals surface area (Å²) in [5.74, 6) is -0.171. The van der Waals surface area contributed by atoms with Gasteiger partial charge in [0.1, 0.15) is 24.4 Å². The lowest BCUT2D eigenvalue weighted by atomic mass is 9.99. The largest absolute Gasteiger partial charge is 0.394 e. The molecule has 2 unspecified atom stereocenters. The van der Waals surface area contributed by atoms with Gasteiger partial charge in [0, 0.05) is 6.42 Å². The van der Waals surface area contributed by atoms with Crippen molar-refractivity contribution in [2.45, 2.75) is 301 Å². The quantitative estimate of drug-likeness (QED) is 0.0262. The first-order valence-electron chi connectivity index (χ1n) is 26.4. The number of ether oxygens (including phenoxy) is 2. The molecule has 1 aliphatic rings. The van der Waals surface area contributed by atoms with Gasteiger partial charge in [0.05, 0.1) is 25.4 Å². The van der Waals surface area contributed by atoms with Crippen LogP contribution in [-0.2, 0) is 14.3 Å². The number of allylic oxidation sites excluding steroid dienone is 1. The summed E-state index contributed by atoms with van der Waals surface area (Å²) in [6, 6.07) is -0.799. The topological polar surface area (TPSA) is 149 Å². The lowest BCUT2D eigenvalue weighted by Crippen LogP contribution is -2.60. The van der Waals surface area contributed by atoms with Gasteiger partial charge in [-0.3, -0.25) is 4.79 Å². The first-order chi connectivity index (χ1) is 29.8.